The fourth-order valence-corrected chi connectivity index (χ4v) is 1.52. The summed E-state index contributed by atoms with van der Waals surface area (Å²) in [5.74, 6) is 0. The Bertz CT molecular complexity index is 374. The van der Waals surface area contributed by atoms with Crippen LogP contribution in [0.2, 0.25) is 5.02 Å². The highest BCUT2D eigenvalue weighted by atomic mass is 35.5. The lowest BCUT2D eigenvalue weighted by atomic mass is 10.2. The van der Waals surface area contributed by atoms with Crippen LogP contribution in [-0.4, -0.2) is 38.2 Å². The zero-order valence-corrected chi connectivity index (χ0v) is 11.0. The third-order valence-corrected chi connectivity index (χ3v) is 2.54. The second kappa shape index (κ2) is 6.47. The monoisotopic (exact) mass is 256 g/mol. The summed E-state index contributed by atoms with van der Waals surface area (Å²) < 4.78 is 5.02. The zero-order chi connectivity index (χ0) is 12.8. The summed E-state index contributed by atoms with van der Waals surface area (Å²) in [7, 11) is 3.83. The van der Waals surface area contributed by atoms with Crippen molar-refractivity contribution in [3.05, 3.63) is 28.8 Å². The van der Waals surface area contributed by atoms with Crippen LogP contribution in [0.3, 0.4) is 0 Å². The molecule has 0 spiro atoms. The van der Waals surface area contributed by atoms with Gasteiger partial charge in [-0.25, -0.2) is 4.79 Å². The molecule has 0 aliphatic carbocycles. The Kier molecular flexibility index (Phi) is 5.25. The van der Waals surface area contributed by atoms with Gasteiger partial charge in [0.2, 0.25) is 0 Å². The number of hydrogen-bond acceptors (Lipinski definition) is 3. The SMILES string of the molecule is Cc1cccc(Cl)c1NC(=O)OCCN(C)C. The van der Waals surface area contributed by atoms with Gasteiger partial charge < -0.3 is 9.64 Å². The van der Waals surface area contributed by atoms with Crippen molar-refractivity contribution in [1.82, 2.24) is 4.90 Å². The number of nitrogens with zero attached hydrogens (tertiary/aromatic N) is 1. The van der Waals surface area contributed by atoms with Crippen LogP contribution in [0, 0.1) is 6.92 Å². The van der Waals surface area contributed by atoms with E-state index in [4.69, 9.17) is 16.3 Å². The smallest absolute Gasteiger partial charge is 0.411 e. The number of hydrogen-bond donors (Lipinski definition) is 1. The van der Waals surface area contributed by atoms with E-state index in [0.717, 1.165) is 5.56 Å². The molecule has 1 aromatic rings. The Morgan fingerprint density at radius 1 is 1.47 bits per heavy atom. The van der Waals surface area contributed by atoms with E-state index >= 15 is 0 Å². The molecule has 5 heteroatoms. The molecule has 0 radical (unpaired) electrons. The van der Waals surface area contributed by atoms with Gasteiger partial charge in [0.25, 0.3) is 0 Å². The van der Waals surface area contributed by atoms with Gasteiger partial charge in [0.1, 0.15) is 6.61 Å². The Labute approximate surface area is 107 Å². The van der Waals surface area contributed by atoms with Crippen molar-refractivity contribution in [3.8, 4) is 0 Å². The highest BCUT2D eigenvalue weighted by Crippen LogP contribution is 2.25. The van der Waals surface area contributed by atoms with Crippen molar-refractivity contribution in [1.29, 1.82) is 0 Å². The highest BCUT2D eigenvalue weighted by molar-refractivity contribution is 6.33. The Balaban J connectivity index is 2.51. The van der Waals surface area contributed by atoms with Gasteiger partial charge in [-0.15, -0.1) is 0 Å². The minimum Gasteiger partial charge on any atom is -0.448 e. The second-order valence-electron chi connectivity index (χ2n) is 4.00. The Morgan fingerprint density at radius 3 is 2.76 bits per heavy atom. The van der Waals surface area contributed by atoms with Gasteiger partial charge in [0.05, 0.1) is 10.7 Å². The number of amides is 1. The molecule has 94 valence electrons. The molecule has 0 unspecified atom stereocenters. The number of ether oxygens (including phenoxy) is 1. The van der Waals surface area contributed by atoms with Gasteiger partial charge in [0.15, 0.2) is 0 Å². The van der Waals surface area contributed by atoms with Gasteiger partial charge >= 0.3 is 6.09 Å². The van der Waals surface area contributed by atoms with Crippen LogP contribution in [0.25, 0.3) is 0 Å². The number of anilines is 1. The van der Waals surface area contributed by atoms with Crippen LogP contribution >= 0.6 is 11.6 Å². The van der Waals surface area contributed by atoms with Crippen LogP contribution in [0.4, 0.5) is 10.5 Å². The van der Waals surface area contributed by atoms with E-state index in [1.54, 1.807) is 6.07 Å². The number of aryl methyl sites for hydroxylation is 1. The summed E-state index contributed by atoms with van der Waals surface area (Å²) in [6.07, 6.45) is -0.483. The summed E-state index contributed by atoms with van der Waals surface area (Å²) in [5, 5.41) is 3.15. The van der Waals surface area contributed by atoms with E-state index in [2.05, 4.69) is 5.32 Å². The lowest BCUT2D eigenvalue weighted by molar-refractivity contribution is 0.151. The van der Waals surface area contributed by atoms with Gasteiger partial charge in [-0.05, 0) is 32.6 Å². The maximum Gasteiger partial charge on any atom is 0.411 e. The molecule has 4 nitrogen and oxygen atoms in total. The molecule has 0 atom stereocenters. The lowest BCUT2D eigenvalue weighted by Gasteiger charge is -2.12. The van der Waals surface area contributed by atoms with E-state index in [0.29, 0.717) is 23.9 Å². The first-order chi connectivity index (χ1) is 8.00. The van der Waals surface area contributed by atoms with E-state index < -0.39 is 6.09 Å². The molecule has 0 fully saturated rings. The van der Waals surface area contributed by atoms with E-state index in [9.17, 15) is 4.79 Å². The fraction of sp³-hybridized carbons (Fsp3) is 0.417. The number of carbonyl (C=O) groups is 1. The minimum atomic E-state index is -0.483. The average Bonchev–Trinajstić information content (AvgIpc) is 2.23. The first-order valence-electron chi connectivity index (χ1n) is 5.34. The topological polar surface area (TPSA) is 41.6 Å². The molecule has 0 aliphatic rings. The molecular formula is C12H17ClN2O2. The van der Waals surface area contributed by atoms with Crippen molar-refractivity contribution in [2.45, 2.75) is 6.92 Å². The van der Waals surface area contributed by atoms with Crippen molar-refractivity contribution < 1.29 is 9.53 Å². The first kappa shape index (κ1) is 13.8. The quantitative estimate of drug-likeness (QED) is 0.901. The standard InChI is InChI=1S/C12H17ClN2O2/c1-9-5-4-6-10(13)11(9)14-12(16)17-8-7-15(2)3/h4-6H,7-8H2,1-3H3,(H,14,16). The summed E-state index contributed by atoms with van der Waals surface area (Å²) in [4.78, 5) is 13.4. The number of nitrogens with one attached hydrogen (secondary N) is 1. The summed E-state index contributed by atoms with van der Waals surface area (Å²) >= 11 is 5.98. The average molecular weight is 257 g/mol. The number of para-hydroxylation sites is 1. The highest BCUT2D eigenvalue weighted by Gasteiger charge is 2.08. The van der Waals surface area contributed by atoms with Crippen LogP contribution in [0.1, 0.15) is 5.56 Å². The molecule has 1 rings (SSSR count). The van der Waals surface area contributed by atoms with Crippen molar-refractivity contribution in [2.24, 2.45) is 0 Å². The third-order valence-electron chi connectivity index (χ3n) is 2.22. The Morgan fingerprint density at radius 2 is 2.18 bits per heavy atom. The maximum absolute atomic E-state index is 11.5. The van der Waals surface area contributed by atoms with Gasteiger partial charge in [0, 0.05) is 6.54 Å². The van der Waals surface area contributed by atoms with Crippen LogP contribution in [0.15, 0.2) is 18.2 Å². The molecule has 17 heavy (non-hydrogen) atoms. The molecule has 1 aromatic carbocycles. The van der Waals surface area contributed by atoms with Crippen LogP contribution in [-0.2, 0) is 4.74 Å². The van der Waals surface area contributed by atoms with E-state index in [1.807, 2.05) is 38.1 Å². The molecule has 0 saturated carbocycles. The molecule has 1 amide bonds. The predicted octanol–water partition coefficient (Wildman–Crippen LogP) is 2.76. The molecule has 0 saturated heterocycles. The van der Waals surface area contributed by atoms with Gasteiger partial charge in [-0.3, -0.25) is 5.32 Å². The van der Waals surface area contributed by atoms with Crippen molar-refractivity contribution >= 4 is 23.4 Å². The third kappa shape index (κ3) is 4.63. The van der Waals surface area contributed by atoms with Crippen molar-refractivity contribution in [3.63, 3.8) is 0 Å². The van der Waals surface area contributed by atoms with Crippen molar-refractivity contribution in [2.75, 3.05) is 32.6 Å². The number of likely N-dealkylation sites (N-methyl/N-ethyl adjacent to an activating group) is 1. The normalized spacial score (nSPS) is 10.4. The fourth-order valence-electron chi connectivity index (χ4n) is 1.25. The number of halogens is 1. The van der Waals surface area contributed by atoms with Gasteiger partial charge in [-0.1, -0.05) is 23.7 Å². The zero-order valence-electron chi connectivity index (χ0n) is 10.3. The number of rotatable bonds is 4. The first-order valence-corrected chi connectivity index (χ1v) is 5.72. The molecule has 0 heterocycles. The maximum atomic E-state index is 11.5. The largest absolute Gasteiger partial charge is 0.448 e. The predicted molar refractivity (Wildman–Crippen MR) is 69.7 cm³/mol. The molecular weight excluding hydrogens is 240 g/mol. The minimum absolute atomic E-state index is 0.350. The van der Waals surface area contributed by atoms with E-state index in [1.165, 1.54) is 0 Å². The van der Waals surface area contributed by atoms with Crippen LogP contribution < -0.4 is 5.32 Å². The number of benzene rings is 1. The summed E-state index contributed by atoms with van der Waals surface area (Å²) in [5.41, 5.74) is 1.51. The Hall–Kier alpha value is -1.26. The molecule has 1 N–H and O–H groups in total. The summed E-state index contributed by atoms with van der Waals surface area (Å²) in [6.45, 7) is 2.92. The van der Waals surface area contributed by atoms with E-state index in [-0.39, 0.29) is 0 Å². The molecule has 0 aromatic heterocycles. The summed E-state index contributed by atoms with van der Waals surface area (Å²) in [6, 6.07) is 5.44. The van der Waals surface area contributed by atoms with Crippen LogP contribution in [0.5, 0.6) is 0 Å². The second-order valence-corrected chi connectivity index (χ2v) is 4.40. The lowest BCUT2D eigenvalue weighted by Crippen LogP contribution is -2.22. The molecule has 0 aliphatic heterocycles. The number of carbonyl (C=O) groups excluding carboxylic acids is 1. The molecule has 0 bridgehead atoms. The van der Waals surface area contributed by atoms with Gasteiger partial charge in [-0.2, -0.15) is 0 Å².